The van der Waals surface area contributed by atoms with Crippen molar-refractivity contribution in [3.8, 4) is 0 Å². The van der Waals surface area contributed by atoms with Crippen molar-refractivity contribution in [2.75, 3.05) is 23.9 Å². The molecule has 6 heteroatoms. The summed E-state index contributed by atoms with van der Waals surface area (Å²) < 4.78 is 1.72. The quantitative estimate of drug-likeness (QED) is 0.860. The van der Waals surface area contributed by atoms with E-state index in [1.807, 2.05) is 31.5 Å². The smallest absolute Gasteiger partial charge is 0.243 e. The molecule has 0 radical (unpaired) electrons. The maximum Gasteiger partial charge on any atom is 0.243 e. The van der Waals surface area contributed by atoms with Crippen LogP contribution >= 0.6 is 11.8 Å². The Bertz CT molecular complexity index is 538. The number of nitrogens with one attached hydrogen (secondary N) is 1. The van der Waals surface area contributed by atoms with E-state index >= 15 is 0 Å². The number of anilines is 1. The van der Waals surface area contributed by atoms with Gasteiger partial charge in [0.05, 0.1) is 5.60 Å². The van der Waals surface area contributed by atoms with E-state index in [9.17, 15) is 5.11 Å². The monoisotopic (exact) mass is 266 g/mol. The first kappa shape index (κ1) is 13.2. The van der Waals surface area contributed by atoms with Gasteiger partial charge in [0.25, 0.3) is 0 Å². The molecule has 0 saturated carbocycles. The van der Waals surface area contributed by atoms with Gasteiger partial charge in [-0.3, -0.25) is 0 Å². The number of aryl methyl sites for hydroxylation is 1. The molecule has 2 aromatic heterocycles. The van der Waals surface area contributed by atoms with Crippen LogP contribution in [-0.2, 0) is 0 Å². The van der Waals surface area contributed by atoms with Gasteiger partial charge in [-0.15, -0.1) is 5.10 Å². The standard InChI is InChI=1S/C12H18N4OS/c1-9-4-5-16-10(6-9)14-11(15-16)13-7-12(2,17)8-18-3/h4-6,17H,7-8H2,1-3H3,(H,13,15). The molecule has 1 atom stereocenters. The molecule has 0 aliphatic rings. The van der Waals surface area contributed by atoms with Crippen LogP contribution in [0.1, 0.15) is 12.5 Å². The van der Waals surface area contributed by atoms with Gasteiger partial charge in [0.2, 0.25) is 5.95 Å². The zero-order valence-corrected chi connectivity index (χ0v) is 11.7. The molecule has 0 amide bonds. The third kappa shape index (κ3) is 3.14. The van der Waals surface area contributed by atoms with Crippen LogP contribution in [0.15, 0.2) is 18.3 Å². The topological polar surface area (TPSA) is 62.5 Å². The minimum Gasteiger partial charge on any atom is -0.387 e. The number of aromatic nitrogens is 3. The van der Waals surface area contributed by atoms with E-state index in [0.717, 1.165) is 11.2 Å². The number of fused-ring (bicyclic) bond motifs is 1. The Morgan fingerprint density at radius 3 is 3.06 bits per heavy atom. The third-order valence-electron chi connectivity index (χ3n) is 2.58. The molecule has 0 spiro atoms. The second kappa shape index (κ2) is 5.16. The number of hydrogen-bond donors (Lipinski definition) is 2. The number of aliphatic hydroxyl groups is 1. The Balaban J connectivity index is 2.08. The molecule has 0 fully saturated rings. The van der Waals surface area contributed by atoms with Crippen LogP contribution in [-0.4, -0.2) is 43.9 Å². The lowest BCUT2D eigenvalue weighted by atomic mass is 10.1. The van der Waals surface area contributed by atoms with E-state index < -0.39 is 5.60 Å². The van der Waals surface area contributed by atoms with Crippen LogP contribution in [0, 0.1) is 6.92 Å². The molecule has 2 heterocycles. The van der Waals surface area contributed by atoms with Gasteiger partial charge in [-0.2, -0.15) is 16.7 Å². The molecule has 0 aromatic carbocycles. The Labute approximate surface area is 111 Å². The molecule has 1 unspecified atom stereocenters. The average molecular weight is 266 g/mol. The van der Waals surface area contributed by atoms with Crippen LogP contribution in [0.3, 0.4) is 0 Å². The van der Waals surface area contributed by atoms with E-state index in [2.05, 4.69) is 15.4 Å². The first-order chi connectivity index (χ1) is 8.50. The number of thioether (sulfide) groups is 1. The van der Waals surface area contributed by atoms with Gasteiger partial charge in [0, 0.05) is 18.5 Å². The van der Waals surface area contributed by atoms with E-state index in [-0.39, 0.29) is 0 Å². The zero-order valence-electron chi connectivity index (χ0n) is 10.8. The Hall–Kier alpha value is -1.27. The second-order valence-electron chi connectivity index (χ2n) is 4.73. The van der Waals surface area contributed by atoms with Crippen molar-refractivity contribution in [1.82, 2.24) is 14.6 Å². The lowest BCUT2D eigenvalue weighted by Crippen LogP contribution is -2.36. The van der Waals surface area contributed by atoms with Gasteiger partial charge >= 0.3 is 0 Å². The third-order valence-corrected chi connectivity index (χ3v) is 3.49. The normalized spacial score (nSPS) is 14.7. The number of nitrogens with zero attached hydrogens (tertiary/aromatic N) is 3. The number of rotatable bonds is 5. The van der Waals surface area contributed by atoms with Crippen molar-refractivity contribution in [3.05, 3.63) is 23.9 Å². The second-order valence-corrected chi connectivity index (χ2v) is 5.59. The Morgan fingerprint density at radius 2 is 2.33 bits per heavy atom. The van der Waals surface area contributed by atoms with Crippen molar-refractivity contribution in [2.24, 2.45) is 0 Å². The SMILES string of the molecule is CSCC(C)(O)CNc1nc2cc(C)ccn2n1. The summed E-state index contributed by atoms with van der Waals surface area (Å²) in [5.74, 6) is 1.22. The largest absolute Gasteiger partial charge is 0.387 e. The van der Waals surface area contributed by atoms with Crippen molar-refractivity contribution in [3.63, 3.8) is 0 Å². The first-order valence-corrected chi connectivity index (χ1v) is 7.18. The van der Waals surface area contributed by atoms with Gasteiger partial charge in [-0.1, -0.05) is 0 Å². The summed E-state index contributed by atoms with van der Waals surface area (Å²) in [6, 6.07) is 3.95. The zero-order chi connectivity index (χ0) is 13.2. The highest BCUT2D eigenvalue weighted by molar-refractivity contribution is 7.98. The minimum absolute atomic E-state index is 0.434. The molecule has 0 aliphatic heterocycles. The summed E-state index contributed by atoms with van der Waals surface area (Å²) in [6.45, 7) is 4.26. The first-order valence-electron chi connectivity index (χ1n) is 5.78. The number of pyridine rings is 1. The van der Waals surface area contributed by atoms with E-state index in [1.165, 1.54) is 0 Å². The average Bonchev–Trinajstić information content (AvgIpc) is 2.68. The van der Waals surface area contributed by atoms with Gasteiger partial charge in [0.15, 0.2) is 5.65 Å². The summed E-state index contributed by atoms with van der Waals surface area (Å²) in [7, 11) is 0. The minimum atomic E-state index is -0.757. The fraction of sp³-hybridized carbons (Fsp3) is 0.500. The van der Waals surface area contributed by atoms with Gasteiger partial charge in [-0.05, 0) is 37.8 Å². The summed E-state index contributed by atoms with van der Waals surface area (Å²) in [6.07, 6.45) is 3.85. The van der Waals surface area contributed by atoms with E-state index in [4.69, 9.17) is 0 Å². The molecule has 98 valence electrons. The summed E-state index contributed by atoms with van der Waals surface area (Å²) >= 11 is 1.61. The molecule has 0 bridgehead atoms. The van der Waals surface area contributed by atoms with Crippen LogP contribution < -0.4 is 5.32 Å². The van der Waals surface area contributed by atoms with E-state index in [0.29, 0.717) is 18.2 Å². The van der Waals surface area contributed by atoms with Crippen LogP contribution in [0.2, 0.25) is 0 Å². The fourth-order valence-electron chi connectivity index (χ4n) is 1.69. The Kier molecular flexibility index (Phi) is 3.77. The molecule has 2 rings (SSSR count). The van der Waals surface area contributed by atoms with Crippen molar-refractivity contribution >= 4 is 23.4 Å². The molecule has 2 aromatic rings. The molecular weight excluding hydrogens is 248 g/mol. The summed E-state index contributed by atoms with van der Waals surface area (Å²) in [4.78, 5) is 4.36. The highest BCUT2D eigenvalue weighted by Crippen LogP contribution is 2.12. The molecule has 2 N–H and O–H groups in total. The van der Waals surface area contributed by atoms with Crippen molar-refractivity contribution < 1.29 is 5.11 Å². The van der Waals surface area contributed by atoms with Gasteiger partial charge in [0.1, 0.15) is 0 Å². The van der Waals surface area contributed by atoms with Crippen LogP contribution in [0.5, 0.6) is 0 Å². The predicted octanol–water partition coefficient (Wildman–Crippen LogP) is 1.56. The lowest BCUT2D eigenvalue weighted by molar-refractivity contribution is 0.0995. The predicted molar refractivity (Wildman–Crippen MR) is 75.2 cm³/mol. The Morgan fingerprint density at radius 1 is 1.56 bits per heavy atom. The highest BCUT2D eigenvalue weighted by atomic mass is 32.2. The summed E-state index contributed by atoms with van der Waals surface area (Å²) in [5.41, 5.74) is 1.20. The maximum atomic E-state index is 10.0. The summed E-state index contributed by atoms with van der Waals surface area (Å²) in [5, 5.41) is 17.4. The van der Waals surface area contributed by atoms with Crippen LogP contribution in [0.4, 0.5) is 5.95 Å². The molecule has 0 saturated heterocycles. The molecule has 18 heavy (non-hydrogen) atoms. The molecule has 0 aliphatic carbocycles. The lowest BCUT2D eigenvalue weighted by Gasteiger charge is -2.21. The maximum absolute atomic E-state index is 10.0. The number of hydrogen-bond acceptors (Lipinski definition) is 5. The van der Waals surface area contributed by atoms with Crippen LogP contribution in [0.25, 0.3) is 5.65 Å². The fourth-order valence-corrected chi connectivity index (χ4v) is 2.41. The molecule has 5 nitrogen and oxygen atoms in total. The van der Waals surface area contributed by atoms with E-state index in [1.54, 1.807) is 23.2 Å². The van der Waals surface area contributed by atoms with Gasteiger partial charge in [-0.25, -0.2) is 4.52 Å². The van der Waals surface area contributed by atoms with Gasteiger partial charge < -0.3 is 10.4 Å². The van der Waals surface area contributed by atoms with Crippen molar-refractivity contribution in [2.45, 2.75) is 19.4 Å². The van der Waals surface area contributed by atoms with Crippen molar-refractivity contribution in [1.29, 1.82) is 0 Å². The highest BCUT2D eigenvalue weighted by Gasteiger charge is 2.19. The molecular formula is C12H18N4OS.